The lowest BCUT2D eigenvalue weighted by molar-refractivity contribution is -0.0703. The Bertz CT molecular complexity index is 460. The van der Waals surface area contributed by atoms with Crippen molar-refractivity contribution in [2.45, 2.75) is 44.1 Å². The fraction of sp³-hybridized carbons (Fsp3) is 0.647. The molecule has 2 aliphatic rings. The highest BCUT2D eigenvalue weighted by molar-refractivity contribution is 7.99. The number of methoxy groups -OCH3 is 1. The summed E-state index contributed by atoms with van der Waals surface area (Å²) in [5, 5.41) is 3.74. The van der Waals surface area contributed by atoms with Crippen LogP contribution in [0.15, 0.2) is 24.3 Å². The first kappa shape index (κ1) is 15.3. The van der Waals surface area contributed by atoms with E-state index >= 15 is 0 Å². The number of ether oxygens (including phenoxy) is 2. The summed E-state index contributed by atoms with van der Waals surface area (Å²) in [6.07, 6.45) is 3.50. The van der Waals surface area contributed by atoms with E-state index in [1.165, 1.54) is 29.1 Å². The number of hydrogen-bond acceptors (Lipinski definition) is 4. The van der Waals surface area contributed by atoms with Crippen LogP contribution in [0, 0.1) is 0 Å². The molecule has 0 saturated carbocycles. The number of benzene rings is 1. The van der Waals surface area contributed by atoms with Crippen LogP contribution in [0.25, 0.3) is 0 Å². The Hall–Kier alpha value is -0.550. The predicted molar refractivity (Wildman–Crippen MR) is 87.6 cm³/mol. The molecule has 3 rings (SSSR count). The molecular weight excluding hydrogens is 282 g/mol. The van der Waals surface area contributed by atoms with Crippen LogP contribution in [0.4, 0.5) is 0 Å². The van der Waals surface area contributed by atoms with Crippen molar-refractivity contribution in [3.05, 3.63) is 35.4 Å². The highest BCUT2D eigenvalue weighted by Gasteiger charge is 2.40. The van der Waals surface area contributed by atoms with Crippen LogP contribution in [-0.2, 0) is 22.6 Å². The molecule has 0 bridgehead atoms. The topological polar surface area (TPSA) is 30.5 Å². The van der Waals surface area contributed by atoms with E-state index in [9.17, 15) is 0 Å². The molecule has 2 unspecified atom stereocenters. The van der Waals surface area contributed by atoms with E-state index in [4.69, 9.17) is 9.47 Å². The van der Waals surface area contributed by atoms with Gasteiger partial charge in [0.15, 0.2) is 0 Å². The number of hydrogen-bond donors (Lipinski definition) is 1. The molecule has 21 heavy (non-hydrogen) atoms. The van der Waals surface area contributed by atoms with Crippen molar-refractivity contribution in [3.63, 3.8) is 0 Å². The van der Waals surface area contributed by atoms with Gasteiger partial charge in [-0.2, -0.15) is 11.8 Å². The van der Waals surface area contributed by atoms with Crippen molar-refractivity contribution in [1.82, 2.24) is 5.32 Å². The van der Waals surface area contributed by atoms with Crippen molar-refractivity contribution in [3.8, 4) is 0 Å². The molecule has 1 aromatic carbocycles. The summed E-state index contributed by atoms with van der Waals surface area (Å²) < 4.78 is 11.4. The number of nitrogens with one attached hydrogen (secondary N) is 1. The van der Waals surface area contributed by atoms with Crippen molar-refractivity contribution >= 4 is 11.8 Å². The van der Waals surface area contributed by atoms with Crippen molar-refractivity contribution < 1.29 is 9.47 Å². The maximum absolute atomic E-state index is 6.09. The highest BCUT2D eigenvalue weighted by atomic mass is 32.2. The first-order valence-electron chi connectivity index (χ1n) is 7.82. The van der Waals surface area contributed by atoms with Gasteiger partial charge in [0.1, 0.15) is 0 Å². The standard InChI is InChI=1S/C17H25NO2S/c1-19-12-15-5-3-2-4-14(15)11-18-16-6-8-20-17(10-16)7-9-21-13-17/h2-5,16,18H,6-13H2,1H3. The molecule has 0 aliphatic carbocycles. The van der Waals surface area contributed by atoms with Gasteiger partial charge >= 0.3 is 0 Å². The average molecular weight is 307 g/mol. The lowest BCUT2D eigenvalue weighted by Gasteiger charge is -2.38. The molecule has 0 amide bonds. The van der Waals surface area contributed by atoms with E-state index in [0.29, 0.717) is 12.6 Å². The Morgan fingerprint density at radius 2 is 2.24 bits per heavy atom. The van der Waals surface area contributed by atoms with Crippen LogP contribution in [-0.4, -0.2) is 36.9 Å². The Morgan fingerprint density at radius 3 is 3.00 bits per heavy atom. The van der Waals surface area contributed by atoms with E-state index in [-0.39, 0.29) is 5.60 Å². The third-order valence-electron chi connectivity index (χ3n) is 4.56. The minimum absolute atomic E-state index is 0.159. The molecule has 2 heterocycles. The van der Waals surface area contributed by atoms with Gasteiger partial charge in [0.2, 0.25) is 0 Å². The molecule has 1 N–H and O–H groups in total. The second-order valence-corrected chi connectivity index (χ2v) is 7.21. The van der Waals surface area contributed by atoms with Gasteiger partial charge in [-0.15, -0.1) is 0 Å². The highest BCUT2D eigenvalue weighted by Crippen LogP contribution is 2.38. The van der Waals surface area contributed by atoms with Gasteiger partial charge in [0.25, 0.3) is 0 Å². The zero-order valence-corrected chi connectivity index (χ0v) is 13.6. The molecule has 1 spiro atoms. The second kappa shape index (κ2) is 7.14. The smallest absolute Gasteiger partial charge is 0.0795 e. The van der Waals surface area contributed by atoms with Crippen molar-refractivity contribution in [1.29, 1.82) is 0 Å². The monoisotopic (exact) mass is 307 g/mol. The minimum atomic E-state index is 0.159. The molecule has 2 saturated heterocycles. The molecule has 2 atom stereocenters. The molecular formula is C17H25NO2S. The largest absolute Gasteiger partial charge is 0.380 e. The van der Waals surface area contributed by atoms with E-state index in [0.717, 1.165) is 26.0 Å². The molecule has 2 aliphatic heterocycles. The predicted octanol–water partition coefficient (Wildman–Crippen LogP) is 2.98. The minimum Gasteiger partial charge on any atom is -0.380 e. The summed E-state index contributed by atoms with van der Waals surface area (Å²) in [7, 11) is 1.75. The molecule has 4 heteroatoms. The fourth-order valence-corrected chi connectivity index (χ4v) is 4.72. The van der Waals surface area contributed by atoms with Crippen LogP contribution in [0.1, 0.15) is 30.4 Å². The first-order chi connectivity index (χ1) is 10.3. The molecule has 2 fully saturated rings. The lowest BCUT2D eigenvalue weighted by Crippen LogP contribution is -2.47. The quantitative estimate of drug-likeness (QED) is 0.906. The Balaban J connectivity index is 1.57. The van der Waals surface area contributed by atoms with Crippen molar-refractivity contribution in [2.24, 2.45) is 0 Å². The Morgan fingerprint density at radius 1 is 1.38 bits per heavy atom. The summed E-state index contributed by atoms with van der Waals surface area (Å²) >= 11 is 2.04. The Labute approximate surface area is 131 Å². The SMILES string of the molecule is COCc1ccccc1CNC1CCOC2(CCSC2)C1. The molecule has 1 aromatic rings. The molecule has 116 valence electrons. The van der Waals surface area contributed by atoms with Gasteiger partial charge < -0.3 is 14.8 Å². The molecule has 3 nitrogen and oxygen atoms in total. The molecule has 0 aromatic heterocycles. The second-order valence-electron chi connectivity index (χ2n) is 6.11. The van der Waals surface area contributed by atoms with Crippen molar-refractivity contribution in [2.75, 3.05) is 25.2 Å². The zero-order valence-electron chi connectivity index (χ0n) is 12.8. The zero-order chi connectivity index (χ0) is 14.5. The van der Waals surface area contributed by atoms with Gasteiger partial charge in [0, 0.05) is 32.1 Å². The third-order valence-corrected chi connectivity index (χ3v) is 5.78. The normalized spacial score (nSPS) is 29.1. The van der Waals surface area contributed by atoms with E-state index in [2.05, 4.69) is 29.6 Å². The van der Waals surface area contributed by atoms with Crippen LogP contribution >= 0.6 is 11.8 Å². The summed E-state index contributed by atoms with van der Waals surface area (Å²) in [4.78, 5) is 0. The first-order valence-corrected chi connectivity index (χ1v) is 8.98. The number of thioether (sulfide) groups is 1. The van der Waals surface area contributed by atoms with Crippen LogP contribution in [0.2, 0.25) is 0 Å². The fourth-order valence-electron chi connectivity index (χ4n) is 3.35. The molecule has 0 radical (unpaired) electrons. The van der Waals surface area contributed by atoms with Gasteiger partial charge in [0.05, 0.1) is 12.2 Å². The van der Waals surface area contributed by atoms with Gasteiger partial charge in [-0.3, -0.25) is 0 Å². The van der Waals surface area contributed by atoms with E-state index in [1.54, 1.807) is 7.11 Å². The third kappa shape index (κ3) is 3.81. The van der Waals surface area contributed by atoms with Crippen LogP contribution in [0.3, 0.4) is 0 Å². The summed E-state index contributed by atoms with van der Waals surface area (Å²) in [5.41, 5.74) is 2.79. The van der Waals surface area contributed by atoms with Gasteiger partial charge in [-0.1, -0.05) is 24.3 Å². The van der Waals surface area contributed by atoms with Gasteiger partial charge in [-0.25, -0.2) is 0 Å². The summed E-state index contributed by atoms with van der Waals surface area (Å²) in [5.74, 6) is 2.43. The van der Waals surface area contributed by atoms with Crippen LogP contribution < -0.4 is 5.32 Å². The maximum atomic E-state index is 6.09. The van der Waals surface area contributed by atoms with E-state index in [1.807, 2.05) is 11.8 Å². The summed E-state index contributed by atoms with van der Waals surface area (Å²) in [6, 6.07) is 9.11. The van der Waals surface area contributed by atoms with Gasteiger partial charge in [-0.05, 0) is 36.1 Å². The lowest BCUT2D eigenvalue weighted by atomic mass is 9.89. The average Bonchev–Trinajstić information content (AvgIpc) is 2.95. The van der Waals surface area contributed by atoms with E-state index < -0.39 is 0 Å². The summed E-state index contributed by atoms with van der Waals surface area (Å²) in [6.45, 7) is 2.51. The van der Waals surface area contributed by atoms with Crippen LogP contribution in [0.5, 0.6) is 0 Å². The maximum Gasteiger partial charge on any atom is 0.0795 e. The Kier molecular flexibility index (Phi) is 5.22. The number of rotatable bonds is 5.